The number of ether oxygens (including phenoxy) is 1. The second-order valence-electron chi connectivity index (χ2n) is 11.3. The molecule has 3 saturated heterocycles. The normalized spacial score (nSPS) is 30.0. The Kier molecular flexibility index (Phi) is 7.24. The van der Waals surface area contributed by atoms with Gasteiger partial charge in [-0.1, -0.05) is 62.7 Å². The molecular formula is C30H36ClN3O5. The molecule has 3 heterocycles. The molecule has 3 amide bonds. The number of likely N-dealkylation sites (tertiary alicyclic amines) is 1. The summed E-state index contributed by atoms with van der Waals surface area (Å²) in [5, 5.41) is 16.7. The smallest absolute Gasteiger partial charge is 0.250 e. The van der Waals surface area contributed by atoms with E-state index < -0.39 is 41.0 Å². The molecule has 2 aromatic carbocycles. The van der Waals surface area contributed by atoms with Crippen molar-refractivity contribution in [2.24, 2.45) is 17.8 Å². The molecule has 9 heteroatoms. The number of carbonyl (C=O) groups excluding carboxylic acids is 3. The highest BCUT2D eigenvalue weighted by Crippen LogP contribution is 2.64. The zero-order valence-electron chi connectivity index (χ0n) is 22.7. The van der Waals surface area contributed by atoms with Crippen molar-refractivity contribution in [2.45, 2.75) is 70.2 Å². The van der Waals surface area contributed by atoms with Crippen LogP contribution in [0.3, 0.4) is 0 Å². The molecule has 3 N–H and O–H groups in total. The average molecular weight is 554 g/mol. The Bertz CT molecular complexity index is 1270. The summed E-state index contributed by atoms with van der Waals surface area (Å²) in [5.74, 6) is -2.83. The summed E-state index contributed by atoms with van der Waals surface area (Å²) in [7, 11) is 0. The minimum absolute atomic E-state index is 0.138. The molecule has 2 unspecified atom stereocenters. The van der Waals surface area contributed by atoms with E-state index in [1.165, 1.54) is 4.90 Å². The van der Waals surface area contributed by atoms with E-state index >= 15 is 0 Å². The predicted molar refractivity (Wildman–Crippen MR) is 149 cm³/mol. The van der Waals surface area contributed by atoms with E-state index in [-0.39, 0.29) is 24.3 Å². The molecule has 208 valence electrons. The third kappa shape index (κ3) is 4.24. The lowest BCUT2D eigenvalue weighted by Gasteiger charge is -2.38. The summed E-state index contributed by atoms with van der Waals surface area (Å²) in [6.07, 6.45) is 1.53. The van der Waals surface area contributed by atoms with Crippen LogP contribution in [0.1, 0.15) is 45.6 Å². The van der Waals surface area contributed by atoms with Crippen LogP contribution in [-0.2, 0) is 19.1 Å². The second-order valence-corrected chi connectivity index (χ2v) is 11.8. The van der Waals surface area contributed by atoms with Crippen molar-refractivity contribution in [1.29, 1.82) is 0 Å². The van der Waals surface area contributed by atoms with Crippen LogP contribution in [0.15, 0.2) is 48.5 Å². The molecular weight excluding hydrogens is 518 g/mol. The lowest BCUT2D eigenvalue weighted by molar-refractivity contribution is -0.149. The van der Waals surface area contributed by atoms with Crippen molar-refractivity contribution < 1.29 is 24.2 Å². The maximum Gasteiger partial charge on any atom is 0.250 e. The summed E-state index contributed by atoms with van der Waals surface area (Å²) in [5.41, 5.74) is -0.182. The van der Waals surface area contributed by atoms with Gasteiger partial charge < -0.3 is 25.4 Å². The van der Waals surface area contributed by atoms with Crippen molar-refractivity contribution >= 4 is 40.7 Å². The Labute approximate surface area is 234 Å². The first-order chi connectivity index (χ1) is 18.6. The van der Waals surface area contributed by atoms with Crippen LogP contribution in [0.4, 0.5) is 11.4 Å². The number of carbonyl (C=O) groups is 3. The molecule has 3 fully saturated rings. The number of aliphatic hydroxyl groups is 1. The van der Waals surface area contributed by atoms with Gasteiger partial charge >= 0.3 is 0 Å². The first-order valence-corrected chi connectivity index (χ1v) is 14.0. The van der Waals surface area contributed by atoms with Gasteiger partial charge in [0.2, 0.25) is 17.7 Å². The van der Waals surface area contributed by atoms with Gasteiger partial charge in [0.25, 0.3) is 0 Å². The van der Waals surface area contributed by atoms with Crippen LogP contribution >= 0.6 is 11.6 Å². The maximum absolute atomic E-state index is 14.4. The van der Waals surface area contributed by atoms with Gasteiger partial charge in [0, 0.05) is 5.69 Å². The van der Waals surface area contributed by atoms with E-state index in [2.05, 4.69) is 10.6 Å². The monoisotopic (exact) mass is 553 g/mol. The van der Waals surface area contributed by atoms with E-state index in [1.54, 1.807) is 24.3 Å². The van der Waals surface area contributed by atoms with Gasteiger partial charge in [0.05, 0.1) is 40.8 Å². The maximum atomic E-state index is 14.4. The lowest BCUT2D eigenvalue weighted by Crippen LogP contribution is -2.57. The number of para-hydroxylation sites is 2. The van der Waals surface area contributed by atoms with Crippen LogP contribution < -0.4 is 10.6 Å². The number of rotatable bonds is 8. The van der Waals surface area contributed by atoms with Crippen molar-refractivity contribution in [1.82, 2.24) is 4.90 Å². The molecule has 6 atom stereocenters. The van der Waals surface area contributed by atoms with Gasteiger partial charge in [0.1, 0.15) is 11.6 Å². The summed E-state index contributed by atoms with van der Waals surface area (Å²) < 4.78 is 6.80. The first-order valence-electron chi connectivity index (χ1n) is 13.6. The van der Waals surface area contributed by atoms with Crippen molar-refractivity contribution in [3.63, 3.8) is 0 Å². The highest BCUT2D eigenvalue weighted by Gasteiger charge is 2.79. The molecule has 1 spiro atoms. The van der Waals surface area contributed by atoms with Crippen LogP contribution in [0, 0.1) is 24.7 Å². The van der Waals surface area contributed by atoms with E-state index in [0.717, 1.165) is 5.56 Å². The van der Waals surface area contributed by atoms with Crippen LogP contribution in [0.25, 0.3) is 0 Å². The molecule has 3 aliphatic rings. The number of halogens is 1. The summed E-state index contributed by atoms with van der Waals surface area (Å²) >= 11 is 6.44. The number of hydrogen-bond acceptors (Lipinski definition) is 5. The summed E-state index contributed by atoms with van der Waals surface area (Å²) in [6, 6.07) is 12.8. The van der Waals surface area contributed by atoms with Gasteiger partial charge in [-0.05, 0) is 55.9 Å². The zero-order valence-corrected chi connectivity index (χ0v) is 23.5. The molecule has 3 aliphatic heterocycles. The topological polar surface area (TPSA) is 108 Å². The lowest BCUT2D eigenvalue weighted by atomic mass is 9.65. The van der Waals surface area contributed by atoms with Crippen LogP contribution in [0.5, 0.6) is 0 Å². The first kappa shape index (κ1) is 27.6. The van der Waals surface area contributed by atoms with Crippen molar-refractivity contribution in [2.75, 3.05) is 17.2 Å². The number of nitrogens with zero attached hydrogens (tertiary/aromatic N) is 1. The van der Waals surface area contributed by atoms with Crippen LogP contribution in [0.2, 0.25) is 5.02 Å². The molecule has 2 bridgehead atoms. The predicted octanol–water partition coefficient (Wildman–Crippen LogP) is 4.40. The third-order valence-electron chi connectivity index (χ3n) is 8.97. The fourth-order valence-electron chi connectivity index (χ4n) is 7.05. The third-order valence-corrected chi connectivity index (χ3v) is 9.29. The van der Waals surface area contributed by atoms with Crippen molar-refractivity contribution in [3.05, 3.63) is 59.1 Å². The van der Waals surface area contributed by atoms with Gasteiger partial charge in [-0.15, -0.1) is 0 Å². The van der Waals surface area contributed by atoms with Crippen molar-refractivity contribution in [3.8, 4) is 0 Å². The highest BCUT2D eigenvalue weighted by atomic mass is 35.5. The van der Waals surface area contributed by atoms with Gasteiger partial charge in [-0.3, -0.25) is 14.4 Å². The molecule has 39 heavy (non-hydrogen) atoms. The molecule has 0 aliphatic carbocycles. The molecule has 5 rings (SSSR count). The Morgan fingerprint density at radius 3 is 2.44 bits per heavy atom. The van der Waals surface area contributed by atoms with E-state index in [9.17, 15) is 19.5 Å². The number of anilines is 2. The van der Waals surface area contributed by atoms with E-state index in [4.69, 9.17) is 16.3 Å². The number of amides is 3. The number of hydrogen-bond donors (Lipinski definition) is 3. The largest absolute Gasteiger partial charge is 0.394 e. The quantitative estimate of drug-likeness (QED) is 0.449. The average Bonchev–Trinajstić information content (AvgIpc) is 3.51. The molecule has 0 radical (unpaired) electrons. The Morgan fingerprint density at radius 1 is 1.10 bits per heavy atom. The molecule has 0 aromatic heterocycles. The Hall–Kier alpha value is -2.94. The molecule has 0 saturated carbocycles. The second kappa shape index (κ2) is 10.2. The van der Waals surface area contributed by atoms with Gasteiger partial charge in [-0.2, -0.15) is 0 Å². The minimum Gasteiger partial charge on any atom is -0.394 e. The SMILES string of the molecule is CC[C@@]12CCC3(O1)C(C(=O)Nc1c(C)cccc1Cl)N([C@@H](CO)C(C)C)C(=O)[C@@H]3[C@@H]2C(=O)Nc1ccccc1. The Balaban J connectivity index is 1.59. The minimum atomic E-state index is -1.20. The zero-order chi connectivity index (χ0) is 28.1. The fourth-order valence-corrected chi connectivity index (χ4v) is 7.32. The number of nitrogens with one attached hydrogen (secondary N) is 2. The standard InChI is InChI=1S/C30H36ClN3O5/c1-5-29-14-15-30(39-29)23(22(29)26(36)32-19-11-7-6-8-12-19)28(38)34(21(16-35)17(2)3)25(30)27(37)33-24-18(4)10-9-13-20(24)31/h6-13,17,21-23,25,35H,5,14-16H2,1-4H3,(H,32,36)(H,33,37)/t21-,22+,23-,25?,29-,30?/m0/s1. The van der Waals surface area contributed by atoms with E-state index in [1.807, 2.05) is 52.0 Å². The number of aliphatic hydroxyl groups excluding tert-OH is 1. The Morgan fingerprint density at radius 2 is 1.82 bits per heavy atom. The van der Waals surface area contributed by atoms with Gasteiger partial charge in [0.15, 0.2) is 0 Å². The summed E-state index contributed by atoms with van der Waals surface area (Å²) in [6.45, 7) is 7.29. The summed E-state index contributed by atoms with van der Waals surface area (Å²) in [4.78, 5) is 43.9. The van der Waals surface area contributed by atoms with Crippen LogP contribution in [-0.4, -0.2) is 57.6 Å². The number of benzene rings is 2. The molecule has 2 aromatic rings. The number of fused-ring (bicyclic) bond motifs is 1. The van der Waals surface area contributed by atoms with Gasteiger partial charge in [-0.25, -0.2) is 0 Å². The fraction of sp³-hybridized carbons (Fsp3) is 0.500. The molecule has 8 nitrogen and oxygen atoms in total. The van der Waals surface area contributed by atoms with E-state index in [0.29, 0.717) is 35.7 Å². The number of aryl methyl sites for hydroxylation is 1. The highest BCUT2D eigenvalue weighted by molar-refractivity contribution is 6.34.